The summed E-state index contributed by atoms with van der Waals surface area (Å²) in [5.41, 5.74) is -0.113. The van der Waals surface area contributed by atoms with Gasteiger partial charge in [-0.05, 0) is 37.1 Å². The number of amides is 1. The van der Waals surface area contributed by atoms with Crippen LogP contribution in [0.15, 0.2) is 17.5 Å². The van der Waals surface area contributed by atoms with Crippen LogP contribution in [-0.4, -0.2) is 23.9 Å². The zero-order chi connectivity index (χ0) is 11.7. The Morgan fingerprint density at radius 3 is 2.41 bits per heavy atom. The molecule has 92 valence electrons. The van der Waals surface area contributed by atoms with Crippen molar-refractivity contribution in [2.75, 3.05) is 13.1 Å². The van der Waals surface area contributed by atoms with Crippen LogP contribution < -0.4 is 0 Å². The Hall–Kier alpha value is -0.830. The summed E-state index contributed by atoms with van der Waals surface area (Å²) in [7, 11) is 0. The van der Waals surface area contributed by atoms with Crippen molar-refractivity contribution in [3.05, 3.63) is 22.4 Å². The first-order valence-corrected chi connectivity index (χ1v) is 7.54. The summed E-state index contributed by atoms with van der Waals surface area (Å²) in [6, 6.07) is 4.20. The van der Waals surface area contributed by atoms with E-state index in [1.807, 2.05) is 0 Å². The third kappa shape index (κ3) is 2.01. The van der Waals surface area contributed by atoms with Crippen molar-refractivity contribution >= 4 is 17.2 Å². The first-order chi connectivity index (χ1) is 8.33. The highest BCUT2D eigenvalue weighted by atomic mass is 32.1. The second kappa shape index (κ2) is 4.45. The van der Waals surface area contributed by atoms with Crippen LogP contribution in [0, 0.1) is 0 Å². The highest BCUT2D eigenvalue weighted by Gasteiger charge is 2.53. The molecule has 1 aromatic rings. The molecule has 3 rings (SSSR count). The maximum absolute atomic E-state index is 12.7. The fraction of sp³-hybridized carbons (Fsp3) is 0.643. The monoisotopic (exact) mass is 249 g/mol. The first-order valence-electron chi connectivity index (χ1n) is 6.66. The molecule has 0 spiro atoms. The zero-order valence-corrected chi connectivity index (χ0v) is 11.0. The number of hydrogen-bond donors (Lipinski definition) is 0. The van der Waals surface area contributed by atoms with Crippen molar-refractivity contribution in [3.63, 3.8) is 0 Å². The van der Waals surface area contributed by atoms with Crippen molar-refractivity contribution in [1.29, 1.82) is 0 Å². The van der Waals surface area contributed by atoms with E-state index in [0.29, 0.717) is 5.91 Å². The van der Waals surface area contributed by atoms with Crippen LogP contribution >= 0.6 is 11.3 Å². The lowest BCUT2D eigenvalue weighted by Crippen LogP contribution is -2.39. The SMILES string of the molecule is O=C(N1CCCCCC1)C1(c2cccs2)CC1. The second-order valence-corrected chi connectivity index (χ2v) is 6.21. The molecule has 0 atom stereocenters. The van der Waals surface area contributed by atoms with Gasteiger partial charge >= 0.3 is 0 Å². The molecule has 0 unspecified atom stereocenters. The summed E-state index contributed by atoms with van der Waals surface area (Å²) in [5.74, 6) is 0.404. The molecule has 1 amide bonds. The minimum atomic E-state index is -0.113. The molecule has 0 bridgehead atoms. The largest absolute Gasteiger partial charge is 0.342 e. The molecular formula is C14H19NOS. The second-order valence-electron chi connectivity index (χ2n) is 5.27. The van der Waals surface area contributed by atoms with Crippen LogP contribution in [0.25, 0.3) is 0 Å². The zero-order valence-electron chi connectivity index (χ0n) is 10.2. The number of carbonyl (C=O) groups is 1. The first kappa shape index (κ1) is 11.3. The molecule has 3 heteroatoms. The molecule has 2 aliphatic rings. The lowest BCUT2D eigenvalue weighted by molar-refractivity contribution is -0.133. The van der Waals surface area contributed by atoms with E-state index < -0.39 is 0 Å². The predicted molar refractivity (Wildman–Crippen MR) is 70.3 cm³/mol. The van der Waals surface area contributed by atoms with E-state index in [2.05, 4.69) is 22.4 Å². The van der Waals surface area contributed by atoms with Gasteiger partial charge in [0.15, 0.2) is 0 Å². The third-order valence-electron chi connectivity index (χ3n) is 4.05. The van der Waals surface area contributed by atoms with Crippen LogP contribution in [-0.2, 0) is 10.2 Å². The van der Waals surface area contributed by atoms with Crippen molar-refractivity contribution < 1.29 is 4.79 Å². The van der Waals surface area contributed by atoms with Gasteiger partial charge in [-0.1, -0.05) is 18.9 Å². The molecule has 1 aromatic heterocycles. The van der Waals surface area contributed by atoms with Gasteiger partial charge in [-0.25, -0.2) is 0 Å². The lowest BCUT2D eigenvalue weighted by atomic mass is 10.0. The summed E-state index contributed by atoms with van der Waals surface area (Å²) in [6.07, 6.45) is 7.07. The van der Waals surface area contributed by atoms with E-state index in [1.165, 1.54) is 30.6 Å². The molecule has 2 fully saturated rings. The number of hydrogen-bond acceptors (Lipinski definition) is 2. The Kier molecular flexibility index (Phi) is 2.95. The van der Waals surface area contributed by atoms with Crippen molar-refractivity contribution in [1.82, 2.24) is 4.90 Å². The molecule has 0 aromatic carbocycles. The molecule has 1 saturated heterocycles. The Balaban J connectivity index is 1.77. The number of nitrogens with zero attached hydrogens (tertiary/aromatic N) is 1. The highest BCUT2D eigenvalue weighted by Crippen LogP contribution is 2.51. The highest BCUT2D eigenvalue weighted by molar-refractivity contribution is 7.10. The van der Waals surface area contributed by atoms with E-state index in [-0.39, 0.29) is 5.41 Å². The fourth-order valence-electron chi connectivity index (χ4n) is 2.82. The van der Waals surface area contributed by atoms with Crippen LogP contribution in [0.3, 0.4) is 0 Å². The molecule has 1 aliphatic heterocycles. The quantitative estimate of drug-likeness (QED) is 0.788. The van der Waals surface area contributed by atoms with Gasteiger partial charge < -0.3 is 4.90 Å². The van der Waals surface area contributed by atoms with E-state index in [4.69, 9.17) is 0 Å². The maximum Gasteiger partial charge on any atom is 0.234 e. The van der Waals surface area contributed by atoms with Crippen molar-refractivity contribution in [2.45, 2.75) is 43.9 Å². The number of thiophene rings is 1. The molecule has 0 N–H and O–H groups in total. The van der Waals surface area contributed by atoms with Gasteiger partial charge in [0.05, 0.1) is 5.41 Å². The van der Waals surface area contributed by atoms with Gasteiger partial charge in [0.1, 0.15) is 0 Å². The molecular weight excluding hydrogens is 230 g/mol. The van der Waals surface area contributed by atoms with Gasteiger partial charge in [-0.3, -0.25) is 4.79 Å². The maximum atomic E-state index is 12.7. The standard InChI is InChI=1S/C14H19NOS/c16-13(15-9-3-1-2-4-10-15)14(7-8-14)12-6-5-11-17-12/h5-6,11H,1-4,7-10H2. The lowest BCUT2D eigenvalue weighted by Gasteiger charge is -2.25. The molecule has 1 aliphatic carbocycles. The van der Waals surface area contributed by atoms with Gasteiger partial charge in [-0.2, -0.15) is 0 Å². The van der Waals surface area contributed by atoms with Crippen molar-refractivity contribution in [3.8, 4) is 0 Å². The average molecular weight is 249 g/mol. The minimum absolute atomic E-state index is 0.113. The smallest absolute Gasteiger partial charge is 0.234 e. The summed E-state index contributed by atoms with van der Waals surface area (Å²) in [6.45, 7) is 1.96. The molecule has 17 heavy (non-hydrogen) atoms. The summed E-state index contributed by atoms with van der Waals surface area (Å²) >= 11 is 1.74. The van der Waals surface area contributed by atoms with Gasteiger partial charge in [-0.15, -0.1) is 11.3 Å². The van der Waals surface area contributed by atoms with Crippen LogP contribution in [0.2, 0.25) is 0 Å². The third-order valence-corrected chi connectivity index (χ3v) is 5.12. The number of likely N-dealkylation sites (tertiary alicyclic amines) is 1. The van der Waals surface area contributed by atoms with Gasteiger partial charge in [0, 0.05) is 18.0 Å². The Bertz CT molecular complexity index is 386. The van der Waals surface area contributed by atoms with E-state index in [1.54, 1.807) is 11.3 Å². The average Bonchev–Trinajstić information content (AvgIpc) is 3.06. The van der Waals surface area contributed by atoms with E-state index in [0.717, 1.165) is 25.9 Å². The van der Waals surface area contributed by atoms with Crippen LogP contribution in [0.1, 0.15) is 43.4 Å². The summed E-state index contributed by atoms with van der Waals surface area (Å²) < 4.78 is 0. The number of carbonyl (C=O) groups excluding carboxylic acids is 1. The van der Waals surface area contributed by atoms with Crippen LogP contribution in [0.4, 0.5) is 0 Å². The van der Waals surface area contributed by atoms with Crippen LogP contribution in [0.5, 0.6) is 0 Å². The predicted octanol–water partition coefficient (Wildman–Crippen LogP) is 3.18. The topological polar surface area (TPSA) is 20.3 Å². The molecule has 1 saturated carbocycles. The fourth-order valence-corrected chi connectivity index (χ4v) is 3.80. The Morgan fingerprint density at radius 1 is 1.18 bits per heavy atom. The van der Waals surface area contributed by atoms with E-state index in [9.17, 15) is 4.79 Å². The number of rotatable bonds is 2. The molecule has 2 heterocycles. The normalized spacial score (nSPS) is 23.2. The molecule has 2 nitrogen and oxygen atoms in total. The minimum Gasteiger partial charge on any atom is -0.342 e. The Morgan fingerprint density at radius 2 is 1.88 bits per heavy atom. The van der Waals surface area contributed by atoms with Crippen molar-refractivity contribution in [2.24, 2.45) is 0 Å². The van der Waals surface area contributed by atoms with E-state index >= 15 is 0 Å². The Labute approximate surface area is 107 Å². The van der Waals surface area contributed by atoms with Gasteiger partial charge in [0.2, 0.25) is 5.91 Å². The van der Waals surface area contributed by atoms with Gasteiger partial charge in [0.25, 0.3) is 0 Å². The molecule has 0 radical (unpaired) electrons. The summed E-state index contributed by atoms with van der Waals surface area (Å²) in [4.78, 5) is 16.1. The summed E-state index contributed by atoms with van der Waals surface area (Å²) in [5, 5.41) is 2.09.